The van der Waals surface area contributed by atoms with Crippen LogP contribution in [-0.2, 0) is 7.05 Å². The predicted molar refractivity (Wildman–Crippen MR) is 94.7 cm³/mol. The van der Waals surface area contributed by atoms with Crippen LogP contribution in [0.4, 0.5) is 5.82 Å². The molecule has 0 aliphatic carbocycles. The summed E-state index contributed by atoms with van der Waals surface area (Å²) in [5.41, 5.74) is 10.7. The third-order valence-corrected chi connectivity index (χ3v) is 4.08. The molecule has 0 atom stereocenters. The van der Waals surface area contributed by atoms with Gasteiger partial charge < -0.3 is 15.5 Å². The zero-order valence-corrected chi connectivity index (χ0v) is 13.4. The maximum Gasteiger partial charge on any atom is 0.144 e. The Morgan fingerprint density at radius 3 is 2.54 bits per heavy atom. The lowest BCUT2D eigenvalue weighted by atomic mass is 10.1. The number of methoxy groups -OCH3 is 1. The minimum absolute atomic E-state index is 0.569. The van der Waals surface area contributed by atoms with Gasteiger partial charge in [0.2, 0.25) is 0 Å². The number of H-pyrrole nitrogens is 1. The van der Waals surface area contributed by atoms with Gasteiger partial charge >= 0.3 is 0 Å². The van der Waals surface area contributed by atoms with Crippen molar-refractivity contribution < 1.29 is 4.74 Å². The molecule has 0 spiro atoms. The van der Waals surface area contributed by atoms with E-state index in [1.54, 1.807) is 11.8 Å². The van der Waals surface area contributed by atoms with Crippen molar-refractivity contribution in [2.24, 2.45) is 7.05 Å². The van der Waals surface area contributed by atoms with Crippen molar-refractivity contribution in [3.05, 3.63) is 48.5 Å². The highest BCUT2D eigenvalue weighted by atomic mass is 16.5. The number of aromatic nitrogens is 4. The fourth-order valence-corrected chi connectivity index (χ4v) is 2.79. The van der Waals surface area contributed by atoms with Crippen molar-refractivity contribution in [3.63, 3.8) is 0 Å². The van der Waals surface area contributed by atoms with Crippen molar-refractivity contribution in [2.75, 3.05) is 12.8 Å². The van der Waals surface area contributed by atoms with E-state index < -0.39 is 0 Å². The molecule has 2 aromatic carbocycles. The SMILES string of the molecule is COc1ccc(-c2nn(C)c(N)c2-c2nc3ccccc3[nH]2)cc1. The Morgan fingerprint density at radius 2 is 1.83 bits per heavy atom. The van der Waals surface area contributed by atoms with Gasteiger partial charge in [0.25, 0.3) is 0 Å². The van der Waals surface area contributed by atoms with Crippen LogP contribution in [0.2, 0.25) is 0 Å². The van der Waals surface area contributed by atoms with Gasteiger partial charge in [0.15, 0.2) is 0 Å². The summed E-state index contributed by atoms with van der Waals surface area (Å²) in [6.45, 7) is 0. The Balaban J connectivity index is 1.91. The third-order valence-electron chi connectivity index (χ3n) is 4.08. The molecule has 0 amide bonds. The van der Waals surface area contributed by atoms with Crippen LogP contribution in [0, 0.1) is 0 Å². The van der Waals surface area contributed by atoms with E-state index in [4.69, 9.17) is 10.5 Å². The summed E-state index contributed by atoms with van der Waals surface area (Å²) < 4.78 is 6.89. The number of hydrogen-bond donors (Lipinski definition) is 2. The minimum atomic E-state index is 0.569. The van der Waals surface area contributed by atoms with Crippen molar-refractivity contribution in [1.82, 2.24) is 19.7 Å². The van der Waals surface area contributed by atoms with E-state index in [-0.39, 0.29) is 0 Å². The van der Waals surface area contributed by atoms with E-state index in [1.165, 1.54) is 0 Å². The molecule has 2 heterocycles. The monoisotopic (exact) mass is 319 g/mol. The van der Waals surface area contributed by atoms with Crippen LogP contribution in [0.1, 0.15) is 0 Å². The molecule has 6 heteroatoms. The van der Waals surface area contributed by atoms with Crippen molar-refractivity contribution in [3.8, 4) is 28.4 Å². The first-order valence-corrected chi connectivity index (χ1v) is 7.59. The number of ether oxygens (including phenoxy) is 1. The third kappa shape index (κ3) is 2.20. The summed E-state index contributed by atoms with van der Waals surface area (Å²) in [5, 5.41) is 4.57. The number of hydrogen-bond acceptors (Lipinski definition) is 4. The molecule has 120 valence electrons. The van der Waals surface area contributed by atoms with Gasteiger partial charge in [-0.3, -0.25) is 4.68 Å². The molecule has 6 nitrogen and oxygen atoms in total. The molecule has 0 unspecified atom stereocenters. The summed E-state index contributed by atoms with van der Waals surface area (Å²) in [7, 11) is 3.47. The van der Waals surface area contributed by atoms with Crippen molar-refractivity contribution in [1.29, 1.82) is 0 Å². The molecule has 24 heavy (non-hydrogen) atoms. The first-order chi connectivity index (χ1) is 11.7. The number of aryl methyl sites for hydroxylation is 1. The van der Waals surface area contributed by atoms with E-state index in [0.29, 0.717) is 11.6 Å². The first-order valence-electron chi connectivity index (χ1n) is 7.59. The molecule has 0 saturated heterocycles. The Bertz CT molecular complexity index is 981. The summed E-state index contributed by atoms with van der Waals surface area (Å²) in [4.78, 5) is 7.99. The van der Waals surface area contributed by atoms with E-state index in [9.17, 15) is 0 Å². The fraction of sp³-hybridized carbons (Fsp3) is 0.111. The van der Waals surface area contributed by atoms with E-state index in [1.807, 2.05) is 55.6 Å². The second kappa shape index (κ2) is 5.42. The summed E-state index contributed by atoms with van der Waals surface area (Å²) in [6, 6.07) is 15.6. The number of aromatic amines is 1. The molecule has 0 fully saturated rings. The van der Waals surface area contributed by atoms with Crippen molar-refractivity contribution in [2.45, 2.75) is 0 Å². The molecule has 0 aliphatic rings. The molecule has 0 aliphatic heterocycles. The summed E-state index contributed by atoms with van der Waals surface area (Å²) in [6.07, 6.45) is 0. The maximum atomic E-state index is 6.27. The highest BCUT2D eigenvalue weighted by Crippen LogP contribution is 2.35. The van der Waals surface area contributed by atoms with Gasteiger partial charge in [0.1, 0.15) is 23.1 Å². The van der Waals surface area contributed by atoms with Crippen LogP contribution in [-0.4, -0.2) is 26.9 Å². The number of imidazole rings is 1. The van der Waals surface area contributed by atoms with Crippen molar-refractivity contribution >= 4 is 16.9 Å². The molecule has 4 aromatic rings. The molecule has 0 bridgehead atoms. The van der Waals surface area contributed by atoms with Crippen LogP contribution >= 0.6 is 0 Å². The summed E-state index contributed by atoms with van der Waals surface area (Å²) >= 11 is 0. The minimum Gasteiger partial charge on any atom is -0.497 e. The van der Waals surface area contributed by atoms with Crippen LogP contribution in [0.25, 0.3) is 33.7 Å². The molecule has 0 saturated carbocycles. The van der Waals surface area contributed by atoms with Crippen LogP contribution in [0.3, 0.4) is 0 Å². The van der Waals surface area contributed by atoms with Gasteiger partial charge in [0.05, 0.1) is 23.7 Å². The highest BCUT2D eigenvalue weighted by Gasteiger charge is 2.20. The van der Waals surface area contributed by atoms with Gasteiger partial charge in [-0.2, -0.15) is 5.10 Å². The Hall–Kier alpha value is -3.28. The molecule has 2 aromatic heterocycles. The average Bonchev–Trinajstić information content (AvgIpc) is 3.16. The van der Waals surface area contributed by atoms with Gasteiger partial charge in [-0.1, -0.05) is 12.1 Å². The molecule has 4 rings (SSSR count). The number of rotatable bonds is 3. The Morgan fingerprint density at radius 1 is 1.08 bits per heavy atom. The molecular weight excluding hydrogens is 302 g/mol. The number of nitrogen functional groups attached to an aromatic ring is 1. The number of para-hydroxylation sites is 2. The number of nitrogens with one attached hydrogen (secondary N) is 1. The Labute approximate surface area is 138 Å². The number of nitrogens with zero attached hydrogens (tertiary/aromatic N) is 3. The second-order valence-corrected chi connectivity index (χ2v) is 5.56. The molecule has 3 N–H and O–H groups in total. The maximum absolute atomic E-state index is 6.27. The molecule has 0 radical (unpaired) electrons. The number of anilines is 1. The average molecular weight is 319 g/mol. The lowest BCUT2D eigenvalue weighted by molar-refractivity contribution is 0.415. The number of benzene rings is 2. The number of nitrogens with two attached hydrogens (primary N) is 1. The summed E-state index contributed by atoms with van der Waals surface area (Å²) in [5.74, 6) is 2.08. The smallest absolute Gasteiger partial charge is 0.144 e. The second-order valence-electron chi connectivity index (χ2n) is 5.56. The van der Waals surface area contributed by atoms with E-state index >= 15 is 0 Å². The van der Waals surface area contributed by atoms with Gasteiger partial charge in [-0.25, -0.2) is 4.98 Å². The zero-order chi connectivity index (χ0) is 16.7. The Kier molecular flexibility index (Phi) is 3.23. The van der Waals surface area contributed by atoms with Gasteiger partial charge in [-0.05, 0) is 36.4 Å². The molecular formula is C18H17N5O. The predicted octanol–water partition coefficient (Wildman–Crippen LogP) is 3.22. The normalized spacial score (nSPS) is 11.1. The van der Waals surface area contributed by atoms with Gasteiger partial charge in [-0.15, -0.1) is 0 Å². The number of fused-ring (bicyclic) bond motifs is 1. The van der Waals surface area contributed by atoms with Crippen LogP contribution in [0.5, 0.6) is 5.75 Å². The lowest BCUT2D eigenvalue weighted by Gasteiger charge is -2.03. The first kappa shape index (κ1) is 14.3. The fourth-order valence-electron chi connectivity index (χ4n) is 2.79. The largest absolute Gasteiger partial charge is 0.497 e. The zero-order valence-electron chi connectivity index (χ0n) is 13.4. The lowest BCUT2D eigenvalue weighted by Crippen LogP contribution is -1.98. The topological polar surface area (TPSA) is 81.8 Å². The highest BCUT2D eigenvalue weighted by molar-refractivity contribution is 5.89. The van der Waals surface area contributed by atoms with Gasteiger partial charge in [0, 0.05) is 12.6 Å². The van der Waals surface area contributed by atoms with E-state index in [2.05, 4.69) is 15.1 Å². The van der Waals surface area contributed by atoms with E-state index in [0.717, 1.165) is 33.6 Å². The van der Waals surface area contributed by atoms with Crippen LogP contribution in [0.15, 0.2) is 48.5 Å². The standard InChI is InChI=1S/C18H17N5O/c1-23-17(19)15(18-20-13-5-3-4-6-14(13)21-18)16(22-23)11-7-9-12(24-2)10-8-11/h3-10H,19H2,1-2H3,(H,20,21). The quantitative estimate of drug-likeness (QED) is 0.607. The van der Waals surface area contributed by atoms with Crippen LogP contribution < -0.4 is 10.5 Å².